The first-order valence-electron chi connectivity index (χ1n) is 9.39. The number of nitrogens with zero attached hydrogens (tertiary/aromatic N) is 2. The van der Waals surface area contributed by atoms with E-state index in [4.69, 9.17) is 0 Å². The number of hydrogen-bond donors (Lipinski definition) is 1. The van der Waals surface area contributed by atoms with E-state index in [0.29, 0.717) is 12.0 Å². The second-order valence-electron chi connectivity index (χ2n) is 7.12. The molecule has 128 valence electrons. The van der Waals surface area contributed by atoms with Crippen molar-refractivity contribution in [1.82, 2.24) is 5.32 Å². The van der Waals surface area contributed by atoms with E-state index in [1.54, 1.807) is 0 Å². The Labute approximate surface area is 138 Å². The lowest BCUT2D eigenvalue weighted by Gasteiger charge is -2.28. The van der Waals surface area contributed by atoms with Crippen molar-refractivity contribution in [2.24, 2.45) is 28.0 Å². The fourth-order valence-corrected chi connectivity index (χ4v) is 3.20. The minimum Gasteiger partial charge on any atom is -0.288 e. The van der Waals surface area contributed by atoms with Crippen LogP contribution in [0.4, 0.5) is 0 Å². The van der Waals surface area contributed by atoms with Gasteiger partial charge in [-0.3, -0.25) is 5.32 Å². The summed E-state index contributed by atoms with van der Waals surface area (Å²) in [6.07, 6.45) is 11.9. The third-order valence-electron chi connectivity index (χ3n) is 5.00. The molecule has 0 saturated heterocycles. The highest BCUT2D eigenvalue weighted by molar-refractivity contribution is 4.95. The summed E-state index contributed by atoms with van der Waals surface area (Å²) in [5, 5.41) is 12.6. The summed E-state index contributed by atoms with van der Waals surface area (Å²) in [4.78, 5) is 0. The molecule has 0 fully saturated rings. The summed E-state index contributed by atoms with van der Waals surface area (Å²) >= 11 is 0. The van der Waals surface area contributed by atoms with Gasteiger partial charge in [0.1, 0.15) is 6.17 Å². The van der Waals surface area contributed by atoms with Crippen LogP contribution in [0.15, 0.2) is 22.4 Å². The first-order chi connectivity index (χ1) is 10.6. The van der Waals surface area contributed by atoms with Crippen molar-refractivity contribution < 1.29 is 0 Å². The molecule has 0 aromatic heterocycles. The predicted molar refractivity (Wildman–Crippen MR) is 96.1 cm³/mol. The van der Waals surface area contributed by atoms with Crippen LogP contribution in [0.5, 0.6) is 0 Å². The normalized spacial score (nSPS) is 26.5. The van der Waals surface area contributed by atoms with Crippen molar-refractivity contribution >= 4 is 0 Å². The third-order valence-corrected chi connectivity index (χ3v) is 5.00. The smallest absolute Gasteiger partial charge is 0.139 e. The maximum atomic E-state index is 4.49. The monoisotopic (exact) mass is 307 g/mol. The predicted octanol–water partition coefficient (Wildman–Crippen LogP) is 5.58. The molecule has 0 spiro atoms. The molecule has 0 aliphatic carbocycles. The largest absolute Gasteiger partial charge is 0.288 e. The highest BCUT2D eigenvalue weighted by Gasteiger charge is 2.20. The van der Waals surface area contributed by atoms with E-state index in [1.165, 1.54) is 25.7 Å². The van der Waals surface area contributed by atoms with Gasteiger partial charge in [0.2, 0.25) is 0 Å². The van der Waals surface area contributed by atoms with Crippen molar-refractivity contribution in [2.75, 3.05) is 6.54 Å². The van der Waals surface area contributed by atoms with Gasteiger partial charge in [0.05, 0.1) is 6.54 Å². The summed E-state index contributed by atoms with van der Waals surface area (Å²) in [6.45, 7) is 12.4. The van der Waals surface area contributed by atoms with Crippen LogP contribution in [0.3, 0.4) is 0 Å². The Kier molecular flexibility index (Phi) is 9.61. The maximum Gasteiger partial charge on any atom is 0.139 e. The first-order valence-corrected chi connectivity index (χ1v) is 9.39. The zero-order valence-corrected chi connectivity index (χ0v) is 15.4. The molecule has 3 nitrogen and oxygen atoms in total. The lowest BCUT2D eigenvalue weighted by atomic mass is 9.85. The molecule has 3 heteroatoms. The lowest BCUT2D eigenvalue weighted by molar-refractivity contribution is 0.278. The van der Waals surface area contributed by atoms with E-state index in [2.05, 4.69) is 62.3 Å². The summed E-state index contributed by atoms with van der Waals surface area (Å²) in [7, 11) is 0. The number of rotatable bonds is 9. The second kappa shape index (κ2) is 10.9. The molecule has 4 atom stereocenters. The second-order valence-corrected chi connectivity index (χ2v) is 7.12. The Morgan fingerprint density at radius 1 is 1.23 bits per heavy atom. The van der Waals surface area contributed by atoms with Crippen molar-refractivity contribution in [3.63, 3.8) is 0 Å². The minimum absolute atomic E-state index is 0.0668. The van der Waals surface area contributed by atoms with Gasteiger partial charge in [-0.15, -0.1) is 0 Å². The fourth-order valence-electron chi connectivity index (χ4n) is 3.20. The van der Waals surface area contributed by atoms with Crippen LogP contribution in [0, 0.1) is 17.8 Å². The molecule has 0 aromatic rings. The van der Waals surface area contributed by atoms with E-state index >= 15 is 0 Å². The standard InChI is InChI=1S/C19H37N3/c1-6-10-17(15(4)5)13-18(8-3)21-19-12-9-11-16(7-2)14-20-22-19/h9,12,15-19,21H,6-8,10-11,13-14H2,1-5H3/b12-9-,22-20?/t16?,17?,18-,19?/m1/s1. The van der Waals surface area contributed by atoms with Crippen LogP contribution in [0.2, 0.25) is 0 Å². The Bertz CT molecular complexity index is 320. The molecule has 0 amide bonds. The van der Waals surface area contributed by atoms with E-state index in [-0.39, 0.29) is 6.17 Å². The summed E-state index contributed by atoms with van der Waals surface area (Å²) in [6, 6.07) is 0.536. The van der Waals surface area contributed by atoms with E-state index in [0.717, 1.165) is 31.2 Å². The SMILES string of the molecule is CCCC(C[C@@H](CC)NC1/C=C\CC(CC)CN=N1)C(C)C. The van der Waals surface area contributed by atoms with Crippen LogP contribution < -0.4 is 5.32 Å². The molecular weight excluding hydrogens is 270 g/mol. The van der Waals surface area contributed by atoms with Crippen LogP contribution in [0.1, 0.15) is 73.1 Å². The van der Waals surface area contributed by atoms with Crippen LogP contribution >= 0.6 is 0 Å². The van der Waals surface area contributed by atoms with Crippen molar-refractivity contribution in [3.8, 4) is 0 Å². The number of azo groups is 1. The number of nitrogens with one attached hydrogen (secondary N) is 1. The molecule has 3 unspecified atom stereocenters. The Morgan fingerprint density at radius 3 is 2.59 bits per heavy atom. The maximum absolute atomic E-state index is 4.49. The fraction of sp³-hybridized carbons (Fsp3) is 0.895. The van der Waals surface area contributed by atoms with Gasteiger partial charge in [0.15, 0.2) is 0 Å². The highest BCUT2D eigenvalue weighted by atomic mass is 15.2. The lowest BCUT2D eigenvalue weighted by Crippen LogP contribution is -2.38. The Balaban J connectivity index is 2.55. The van der Waals surface area contributed by atoms with Gasteiger partial charge in [-0.1, -0.05) is 60.0 Å². The summed E-state index contributed by atoms with van der Waals surface area (Å²) < 4.78 is 0. The molecule has 22 heavy (non-hydrogen) atoms. The van der Waals surface area contributed by atoms with Crippen molar-refractivity contribution in [3.05, 3.63) is 12.2 Å². The first kappa shape index (κ1) is 19.3. The highest BCUT2D eigenvalue weighted by Crippen LogP contribution is 2.24. The van der Waals surface area contributed by atoms with Gasteiger partial charge in [-0.25, -0.2) is 0 Å². The molecule has 0 aromatic carbocycles. The molecule has 0 bridgehead atoms. The number of allylic oxidation sites excluding steroid dienone is 1. The van der Waals surface area contributed by atoms with E-state index in [9.17, 15) is 0 Å². The molecule has 1 aliphatic rings. The molecule has 1 heterocycles. The molecule has 1 aliphatic heterocycles. The van der Waals surface area contributed by atoms with Crippen molar-refractivity contribution in [2.45, 2.75) is 85.4 Å². The van der Waals surface area contributed by atoms with Crippen LogP contribution in [0.25, 0.3) is 0 Å². The number of hydrogen-bond acceptors (Lipinski definition) is 3. The quantitative estimate of drug-likeness (QED) is 0.554. The Morgan fingerprint density at radius 2 is 2.00 bits per heavy atom. The Hall–Kier alpha value is -0.700. The summed E-state index contributed by atoms with van der Waals surface area (Å²) in [5.41, 5.74) is 0. The van der Waals surface area contributed by atoms with E-state index < -0.39 is 0 Å². The van der Waals surface area contributed by atoms with Gasteiger partial charge in [-0.2, -0.15) is 10.2 Å². The average molecular weight is 308 g/mol. The van der Waals surface area contributed by atoms with Crippen molar-refractivity contribution in [1.29, 1.82) is 0 Å². The zero-order valence-electron chi connectivity index (χ0n) is 15.4. The topological polar surface area (TPSA) is 36.8 Å². The average Bonchev–Trinajstić information content (AvgIpc) is 2.47. The van der Waals surface area contributed by atoms with Crippen LogP contribution in [-0.2, 0) is 0 Å². The van der Waals surface area contributed by atoms with Gasteiger partial charge in [0, 0.05) is 6.04 Å². The van der Waals surface area contributed by atoms with Gasteiger partial charge < -0.3 is 0 Å². The molecule has 0 saturated carbocycles. The third kappa shape index (κ3) is 7.04. The van der Waals surface area contributed by atoms with Gasteiger partial charge in [0.25, 0.3) is 0 Å². The summed E-state index contributed by atoms with van der Waals surface area (Å²) in [5.74, 6) is 2.23. The van der Waals surface area contributed by atoms with Gasteiger partial charge >= 0.3 is 0 Å². The molecular formula is C19H37N3. The minimum atomic E-state index is 0.0668. The molecule has 1 rings (SSSR count). The van der Waals surface area contributed by atoms with E-state index in [1.807, 2.05) is 0 Å². The molecule has 1 N–H and O–H groups in total. The molecule has 0 radical (unpaired) electrons. The van der Waals surface area contributed by atoms with Crippen LogP contribution in [-0.4, -0.2) is 18.8 Å². The zero-order chi connectivity index (χ0) is 16.4. The van der Waals surface area contributed by atoms with Gasteiger partial charge in [-0.05, 0) is 43.1 Å².